The summed E-state index contributed by atoms with van der Waals surface area (Å²) in [4.78, 5) is 4.46. The highest BCUT2D eigenvalue weighted by Crippen LogP contribution is 2.14. The van der Waals surface area contributed by atoms with E-state index in [-0.39, 0.29) is 35.0 Å². The Kier molecular flexibility index (Phi) is 9.83. The largest absolute Gasteiger partial charge is 0.377 e. The number of thiophene rings is 1. The van der Waals surface area contributed by atoms with E-state index in [0.29, 0.717) is 32.2 Å². The molecular formula is C19H27IN4O3S2. The third-order valence-corrected chi connectivity index (χ3v) is 6.65. The zero-order chi connectivity index (χ0) is 19.8. The van der Waals surface area contributed by atoms with Crippen molar-refractivity contribution in [3.05, 3.63) is 52.2 Å². The van der Waals surface area contributed by atoms with Crippen molar-refractivity contribution in [2.75, 3.05) is 20.2 Å². The molecule has 1 aliphatic rings. The highest BCUT2D eigenvalue weighted by atomic mass is 127. The van der Waals surface area contributed by atoms with Gasteiger partial charge in [-0.25, -0.2) is 13.1 Å². The van der Waals surface area contributed by atoms with Crippen molar-refractivity contribution < 1.29 is 13.2 Å². The average Bonchev–Trinajstić information content (AvgIpc) is 3.41. The minimum absolute atomic E-state index is 0. The van der Waals surface area contributed by atoms with Gasteiger partial charge in [-0.05, 0) is 52.9 Å². The van der Waals surface area contributed by atoms with E-state index in [1.807, 2.05) is 5.38 Å². The molecule has 1 aliphatic heterocycles. The Morgan fingerprint density at radius 3 is 2.48 bits per heavy atom. The zero-order valence-corrected chi connectivity index (χ0v) is 20.2. The summed E-state index contributed by atoms with van der Waals surface area (Å²) in [5.41, 5.74) is 2.18. The summed E-state index contributed by atoms with van der Waals surface area (Å²) in [5.74, 6) is 0.695. The van der Waals surface area contributed by atoms with E-state index in [0.717, 1.165) is 18.4 Å². The van der Waals surface area contributed by atoms with Crippen molar-refractivity contribution in [3.8, 4) is 0 Å². The van der Waals surface area contributed by atoms with Crippen molar-refractivity contribution in [2.24, 2.45) is 4.99 Å². The van der Waals surface area contributed by atoms with Gasteiger partial charge in [-0.2, -0.15) is 11.3 Å². The monoisotopic (exact) mass is 550 g/mol. The highest BCUT2D eigenvalue weighted by molar-refractivity contribution is 14.0. The molecule has 0 aliphatic carbocycles. The molecule has 0 saturated carbocycles. The maximum atomic E-state index is 12.4. The second-order valence-electron chi connectivity index (χ2n) is 6.54. The third-order valence-electron chi connectivity index (χ3n) is 4.48. The van der Waals surface area contributed by atoms with Gasteiger partial charge in [0.15, 0.2) is 5.96 Å². The van der Waals surface area contributed by atoms with E-state index in [9.17, 15) is 8.42 Å². The molecule has 2 aromatic rings. The lowest BCUT2D eigenvalue weighted by Crippen LogP contribution is -2.36. The van der Waals surface area contributed by atoms with Gasteiger partial charge >= 0.3 is 0 Å². The van der Waals surface area contributed by atoms with E-state index < -0.39 is 10.0 Å². The first-order chi connectivity index (χ1) is 13.6. The predicted octanol–water partition coefficient (Wildman–Crippen LogP) is 2.69. The molecule has 1 aromatic heterocycles. The van der Waals surface area contributed by atoms with Gasteiger partial charge in [-0.15, -0.1) is 24.0 Å². The Morgan fingerprint density at radius 2 is 1.90 bits per heavy atom. The number of rotatable bonds is 8. The Bertz CT molecular complexity index is 865. The third kappa shape index (κ3) is 7.52. The lowest BCUT2D eigenvalue weighted by atomic mass is 10.2. The van der Waals surface area contributed by atoms with Gasteiger partial charge in [0, 0.05) is 33.3 Å². The first kappa shape index (κ1) is 24.1. The van der Waals surface area contributed by atoms with Crippen LogP contribution in [-0.2, 0) is 27.8 Å². The lowest BCUT2D eigenvalue weighted by molar-refractivity contribution is 0.114. The molecule has 1 saturated heterocycles. The summed E-state index contributed by atoms with van der Waals surface area (Å²) in [5, 5.41) is 10.6. The fraction of sp³-hybridized carbons (Fsp3) is 0.421. The number of hydrogen-bond donors (Lipinski definition) is 3. The Hall–Kier alpha value is -1.21. The number of ether oxygens (including phenoxy) is 1. The van der Waals surface area contributed by atoms with Crippen LogP contribution in [0.1, 0.15) is 24.0 Å². The van der Waals surface area contributed by atoms with Crippen LogP contribution >= 0.6 is 35.3 Å². The van der Waals surface area contributed by atoms with Crippen LogP contribution in [0, 0.1) is 0 Å². The first-order valence-electron chi connectivity index (χ1n) is 9.22. The molecule has 0 bridgehead atoms. The van der Waals surface area contributed by atoms with E-state index in [4.69, 9.17) is 4.74 Å². The summed E-state index contributed by atoms with van der Waals surface area (Å²) in [6, 6.07) is 8.92. The molecule has 160 valence electrons. The minimum Gasteiger partial charge on any atom is -0.377 e. The van der Waals surface area contributed by atoms with Gasteiger partial charge in [0.25, 0.3) is 0 Å². The molecule has 10 heteroatoms. The second-order valence-corrected chi connectivity index (χ2v) is 9.09. The zero-order valence-electron chi connectivity index (χ0n) is 16.3. The van der Waals surface area contributed by atoms with Crippen molar-refractivity contribution in [3.63, 3.8) is 0 Å². The van der Waals surface area contributed by atoms with Crippen LogP contribution in [0.15, 0.2) is 51.0 Å². The standard InChI is InChI=1S/C19H26N4O3S2.HI/c1-20-19(22-12-16-8-10-27-14-16)21-11-15-4-6-18(7-5-15)28(24,25)23-13-17-3-2-9-26-17;/h4-8,10,14,17,23H,2-3,9,11-13H2,1H3,(H2,20,21,22);1H. The average molecular weight is 550 g/mol. The smallest absolute Gasteiger partial charge is 0.240 e. The van der Waals surface area contributed by atoms with Crippen molar-refractivity contribution in [1.29, 1.82) is 0 Å². The number of nitrogens with one attached hydrogen (secondary N) is 3. The van der Waals surface area contributed by atoms with Gasteiger partial charge in [-0.1, -0.05) is 12.1 Å². The molecule has 3 N–H and O–H groups in total. The molecule has 29 heavy (non-hydrogen) atoms. The lowest BCUT2D eigenvalue weighted by Gasteiger charge is -2.13. The Labute approximate surface area is 193 Å². The molecule has 1 aromatic carbocycles. The molecule has 0 amide bonds. The van der Waals surface area contributed by atoms with E-state index >= 15 is 0 Å². The van der Waals surface area contributed by atoms with Crippen LogP contribution in [0.4, 0.5) is 0 Å². The topological polar surface area (TPSA) is 91.8 Å². The Balaban J connectivity index is 0.00000300. The maximum absolute atomic E-state index is 12.4. The van der Waals surface area contributed by atoms with Crippen LogP contribution in [0.3, 0.4) is 0 Å². The minimum atomic E-state index is -3.52. The molecule has 3 rings (SSSR count). The molecular weight excluding hydrogens is 523 g/mol. The summed E-state index contributed by atoms with van der Waals surface area (Å²) >= 11 is 1.66. The molecule has 0 radical (unpaired) electrons. The number of guanidine groups is 1. The maximum Gasteiger partial charge on any atom is 0.240 e. The van der Waals surface area contributed by atoms with E-state index in [1.54, 1.807) is 42.6 Å². The number of nitrogens with zero attached hydrogens (tertiary/aromatic N) is 1. The fourth-order valence-corrected chi connectivity index (χ4v) is 4.60. The van der Waals surface area contributed by atoms with Crippen LogP contribution in [0.2, 0.25) is 0 Å². The van der Waals surface area contributed by atoms with E-state index in [2.05, 4.69) is 31.8 Å². The summed E-state index contributed by atoms with van der Waals surface area (Å²) in [6.45, 7) is 2.28. The van der Waals surface area contributed by atoms with Crippen molar-refractivity contribution in [2.45, 2.75) is 36.9 Å². The highest BCUT2D eigenvalue weighted by Gasteiger charge is 2.20. The molecule has 2 heterocycles. The van der Waals surface area contributed by atoms with Gasteiger partial charge < -0.3 is 15.4 Å². The van der Waals surface area contributed by atoms with Crippen molar-refractivity contribution >= 4 is 51.3 Å². The number of hydrogen-bond acceptors (Lipinski definition) is 5. The predicted molar refractivity (Wildman–Crippen MR) is 127 cm³/mol. The number of halogens is 1. The SMILES string of the molecule is CN=C(NCc1ccc(S(=O)(=O)NCC2CCCO2)cc1)NCc1ccsc1.I. The van der Waals surface area contributed by atoms with Crippen LogP contribution in [0.5, 0.6) is 0 Å². The molecule has 7 nitrogen and oxygen atoms in total. The summed E-state index contributed by atoms with van der Waals surface area (Å²) in [6.07, 6.45) is 1.86. The number of benzene rings is 1. The quantitative estimate of drug-likeness (QED) is 0.267. The van der Waals surface area contributed by atoms with Crippen LogP contribution < -0.4 is 15.4 Å². The second kappa shape index (κ2) is 11.8. The fourth-order valence-electron chi connectivity index (χ4n) is 2.86. The molecule has 1 unspecified atom stereocenters. The molecule has 1 fully saturated rings. The summed E-state index contributed by atoms with van der Waals surface area (Å²) in [7, 11) is -1.80. The van der Waals surface area contributed by atoms with Gasteiger partial charge in [-0.3, -0.25) is 4.99 Å². The molecule has 0 spiro atoms. The van der Waals surface area contributed by atoms with Crippen LogP contribution in [0.25, 0.3) is 0 Å². The first-order valence-corrected chi connectivity index (χ1v) is 11.7. The number of sulfonamides is 1. The van der Waals surface area contributed by atoms with Crippen molar-refractivity contribution in [1.82, 2.24) is 15.4 Å². The normalized spacial score (nSPS) is 17.0. The van der Waals surface area contributed by atoms with E-state index in [1.165, 1.54) is 5.56 Å². The van der Waals surface area contributed by atoms with Gasteiger partial charge in [0.2, 0.25) is 10.0 Å². The van der Waals surface area contributed by atoms with Gasteiger partial charge in [0.05, 0.1) is 11.0 Å². The Morgan fingerprint density at radius 1 is 1.17 bits per heavy atom. The summed E-state index contributed by atoms with van der Waals surface area (Å²) < 4.78 is 32.9. The molecule has 1 atom stereocenters. The van der Waals surface area contributed by atoms with Gasteiger partial charge in [0.1, 0.15) is 0 Å². The van der Waals surface area contributed by atoms with Crippen LogP contribution in [-0.4, -0.2) is 40.7 Å². The number of aliphatic imine (C=N–C) groups is 1.